The fourth-order valence-corrected chi connectivity index (χ4v) is 1.50. The van der Waals surface area contributed by atoms with Gasteiger partial charge in [0.15, 0.2) is 5.75 Å². The number of aromatic nitrogens is 2. The minimum absolute atomic E-state index is 0.190. The van der Waals surface area contributed by atoms with Crippen molar-refractivity contribution in [1.82, 2.24) is 9.78 Å². The lowest BCUT2D eigenvalue weighted by molar-refractivity contribution is -0.385. The van der Waals surface area contributed by atoms with Gasteiger partial charge in [0.05, 0.1) is 22.9 Å². The van der Waals surface area contributed by atoms with Crippen molar-refractivity contribution in [2.45, 2.75) is 6.18 Å². The topological polar surface area (TPSA) is 70.2 Å². The van der Waals surface area contributed by atoms with E-state index in [4.69, 9.17) is 4.74 Å². The van der Waals surface area contributed by atoms with E-state index in [0.717, 1.165) is 12.1 Å². The van der Waals surface area contributed by atoms with Gasteiger partial charge in [-0.3, -0.25) is 14.8 Å². The molecule has 0 aliphatic heterocycles. The van der Waals surface area contributed by atoms with E-state index in [2.05, 4.69) is 5.10 Å². The average molecular weight is 287 g/mol. The molecule has 2 rings (SSSR count). The maximum Gasteiger partial charge on any atom is 0.416 e. The number of alkyl halides is 3. The number of hydrogen-bond acceptors (Lipinski definition) is 4. The van der Waals surface area contributed by atoms with Crippen LogP contribution in [0.4, 0.5) is 18.9 Å². The first-order chi connectivity index (χ1) is 9.27. The lowest BCUT2D eigenvalue weighted by Gasteiger charge is -2.08. The van der Waals surface area contributed by atoms with Gasteiger partial charge in [-0.05, 0) is 12.1 Å². The van der Waals surface area contributed by atoms with E-state index in [1.54, 1.807) is 7.05 Å². The van der Waals surface area contributed by atoms with Crippen LogP contribution < -0.4 is 4.74 Å². The molecule has 0 bridgehead atoms. The molecule has 0 aliphatic rings. The summed E-state index contributed by atoms with van der Waals surface area (Å²) in [6.45, 7) is 0. The number of nitro benzene ring substituents is 1. The highest BCUT2D eigenvalue weighted by Gasteiger charge is 2.33. The fourth-order valence-electron chi connectivity index (χ4n) is 1.50. The molecule has 1 aromatic heterocycles. The minimum Gasteiger partial charge on any atom is -0.447 e. The number of nitrogens with zero attached hydrogens (tertiary/aromatic N) is 3. The highest BCUT2D eigenvalue weighted by Crippen LogP contribution is 2.37. The maximum atomic E-state index is 12.5. The third-order valence-corrected chi connectivity index (χ3v) is 2.39. The molecule has 0 N–H and O–H groups in total. The number of aryl methyl sites for hydroxylation is 1. The van der Waals surface area contributed by atoms with Gasteiger partial charge in [-0.15, -0.1) is 0 Å². The summed E-state index contributed by atoms with van der Waals surface area (Å²) in [5.41, 5.74) is -1.87. The Hall–Kier alpha value is -2.58. The Balaban J connectivity index is 2.40. The Bertz CT molecular complexity index is 652. The van der Waals surface area contributed by atoms with Crippen molar-refractivity contribution in [2.24, 2.45) is 7.05 Å². The highest BCUT2D eigenvalue weighted by atomic mass is 19.4. The number of hydrogen-bond donors (Lipinski definition) is 0. The molecule has 9 heteroatoms. The van der Waals surface area contributed by atoms with Gasteiger partial charge in [-0.1, -0.05) is 0 Å². The molecule has 0 amide bonds. The summed E-state index contributed by atoms with van der Waals surface area (Å²) in [6, 6.07) is 2.07. The summed E-state index contributed by atoms with van der Waals surface area (Å²) in [5, 5.41) is 14.6. The van der Waals surface area contributed by atoms with Crippen LogP contribution in [-0.4, -0.2) is 14.7 Å². The number of halogens is 3. The van der Waals surface area contributed by atoms with E-state index in [9.17, 15) is 23.3 Å². The van der Waals surface area contributed by atoms with Crippen molar-refractivity contribution < 1.29 is 22.8 Å². The molecule has 1 aromatic carbocycles. The number of ether oxygens (including phenoxy) is 1. The van der Waals surface area contributed by atoms with Crippen LogP contribution in [0.25, 0.3) is 0 Å². The SMILES string of the molecule is Cn1cc(Oc2ccc(C(F)(F)F)cc2[N+](=O)[O-])cn1. The lowest BCUT2D eigenvalue weighted by Crippen LogP contribution is -2.06. The second-order valence-electron chi connectivity index (χ2n) is 3.89. The summed E-state index contributed by atoms with van der Waals surface area (Å²) in [4.78, 5) is 9.90. The van der Waals surface area contributed by atoms with Crippen LogP contribution in [0.5, 0.6) is 11.5 Å². The molecule has 6 nitrogen and oxygen atoms in total. The highest BCUT2D eigenvalue weighted by molar-refractivity contribution is 5.50. The zero-order chi connectivity index (χ0) is 14.9. The van der Waals surface area contributed by atoms with Gasteiger partial charge in [0.1, 0.15) is 0 Å². The van der Waals surface area contributed by atoms with Gasteiger partial charge < -0.3 is 4.74 Å². The van der Waals surface area contributed by atoms with Crippen molar-refractivity contribution in [2.75, 3.05) is 0 Å². The summed E-state index contributed by atoms with van der Waals surface area (Å²) >= 11 is 0. The minimum atomic E-state index is -4.66. The molecule has 1 heterocycles. The first-order valence-corrected chi connectivity index (χ1v) is 5.29. The Morgan fingerprint density at radius 2 is 2.10 bits per heavy atom. The summed E-state index contributed by atoms with van der Waals surface area (Å²) in [7, 11) is 1.61. The van der Waals surface area contributed by atoms with E-state index >= 15 is 0 Å². The summed E-state index contributed by atoms with van der Waals surface area (Å²) in [5.74, 6) is -0.0913. The van der Waals surface area contributed by atoms with E-state index in [-0.39, 0.29) is 11.5 Å². The van der Waals surface area contributed by atoms with Crippen LogP contribution in [0, 0.1) is 10.1 Å². The molecule has 20 heavy (non-hydrogen) atoms. The monoisotopic (exact) mass is 287 g/mol. The van der Waals surface area contributed by atoms with Gasteiger partial charge >= 0.3 is 11.9 Å². The molecule has 0 atom stereocenters. The van der Waals surface area contributed by atoms with Crippen molar-refractivity contribution in [1.29, 1.82) is 0 Å². The standard InChI is InChI=1S/C11H8F3N3O3/c1-16-6-8(5-15-16)20-10-3-2-7(11(12,13)14)4-9(10)17(18)19/h2-6H,1H3. The maximum absolute atomic E-state index is 12.5. The second-order valence-corrected chi connectivity index (χ2v) is 3.89. The predicted octanol–water partition coefficient (Wildman–Crippen LogP) is 3.14. The molecule has 0 spiro atoms. The van der Waals surface area contributed by atoms with Crippen molar-refractivity contribution in [3.8, 4) is 11.5 Å². The van der Waals surface area contributed by atoms with Crippen LogP contribution in [0.2, 0.25) is 0 Å². The van der Waals surface area contributed by atoms with E-state index < -0.39 is 22.4 Å². The van der Waals surface area contributed by atoms with Crippen LogP contribution in [0.3, 0.4) is 0 Å². The quantitative estimate of drug-likeness (QED) is 0.642. The van der Waals surface area contributed by atoms with Gasteiger partial charge in [0, 0.05) is 13.1 Å². The summed E-state index contributed by atoms with van der Waals surface area (Å²) < 4.78 is 44.1. The number of rotatable bonds is 3. The molecule has 0 saturated carbocycles. The Kier molecular flexibility index (Phi) is 3.35. The van der Waals surface area contributed by atoms with Gasteiger partial charge in [-0.2, -0.15) is 18.3 Å². The van der Waals surface area contributed by atoms with E-state index in [1.165, 1.54) is 17.1 Å². The zero-order valence-electron chi connectivity index (χ0n) is 10.1. The number of benzene rings is 1. The molecule has 0 saturated heterocycles. The fraction of sp³-hybridized carbons (Fsp3) is 0.182. The van der Waals surface area contributed by atoms with Crippen molar-refractivity contribution in [3.63, 3.8) is 0 Å². The molecule has 106 valence electrons. The van der Waals surface area contributed by atoms with Crippen LogP contribution in [0.1, 0.15) is 5.56 Å². The third-order valence-electron chi connectivity index (χ3n) is 2.39. The lowest BCUT2D eigenvalue weighted by atomic mass is 10.2. The molecule has 2 aromatic rings. The number of nitro groups is 1. The normalized spacial score (nSPS) is 11.4. The van der Waals surface area contributed by atoms with E-state index in [1.807, 2.05) is 0 Å². The molecule has 0 aliphatic carbocycles. The van der Waals surface area contributed by atoms with Gasteiger partial charge in [-0.25, -0.2) is 0 Å². The van der Waals surface area contributed by atoms with Crippen molar-refractivity contribution in [3.05, 3.63) is 46.3 Å². The third kappa shape index (κ3) is 2.87. The Labute approximate surface area is 110 Å². The van der Waals surface area contributed by atoms with E-state index in [0.29, 0.717) is 6.07 Å². The van der Waals surface area contributed by atoms with Crippen LogP contribution >= 0.6 is 0 Å². The molecule has 0 unspecified atom stereocenters. The van der Waals surface area contributed by atoms with Gasteiger partial charge in [0.2, 0.25) is 5.75 Å². The molecule has 0 radical (unpaired) electrons. The Morgan fingerprint density at radius 3 is 2.60 bits per heavy atom. The zero-order valence-corrected chi connectivity index (χ0v) is 10.1. The first-order valence-electron chi connectivity index (χ1n) is 5.29. The smallest absolute Gasteiger partial charge is 0.416 e. The molecular weight excluding hydrogens is 279 g/mol. The van der Waals surface area contributed by atoms with Crippen LogP contribution in [-0.2, 0) is 13.2 Å². The average Bonchev–Trinajstić information content (AvgIpc) is 2.73. The second kappa shape index (κ2) is 4.83. The first kappa shape index (κ1) is 13.8. The largest absolute Gasteiger partial charge is 0.447 e. The predicted molar refractivity (Wildman–Crippen MR) is 61.4 cm³/mol. The van der Waals surface area contributed by atoms with Crippen LogP contribution in [0.15, 0.2) is 30.6 Å². The van der Waals surface area contributed by atoms with Crippen molar-refractivity contribution >= 4 is 5.69 Å². The van der Waals surface area contributed by atoms with Gasteiger partial charge in [0.25, 0.3) is 0 Å². The molecule has 0 fully saturated rings. The summed E-state index contributed by atoms with van der Waals surface area (Å²) in [6.07, 6.45) is -1.93. The Morgan fingerprint density at radius 1 is 1.40 bits per heavy atom. The molecular formula is C11H8F3N3O3.